The van der Waals surface area contributed by atoms with Crippen molar-refractivity contribution in [3.63, 3.8) is 0 Å². The van der Waals surface area contributed by atoms with Crippen LogP contribution in [0.15, 0.2) is 18.2 Å². The molecule has 3 unspecified atom stereocenters. The highest BCUT2D eigenvalue weighted by atomic mass is 35.5. The van der Waals surface area contributed by atoms with Gasteiger partial charge in [-0.3, -0.25) is 14.9 Å². The molecule has 5 N–H and O–H groups in total. The fraction of sp³-hybridized carbons (Fsp3) is 0.682. The van der Waals surface area contributed by atoms with Gasteiger partial charge in [-0.05, 0) is 57.1 Å². The number of halogens is 2. The molecule has 4 aliphatic rings. The highest BCUT2D eigenvalue weighted by Gasteiger charge is 2.55. The molecule has 3 saturated carbocycles. The third-order valence-electron chi connectivity index (χ3n) is 7.17. The summed E-state index contributed by atoms with van der Waals surface area (Å²) in [5.74, 6) is 0.152. The lowest BCUT2D eigenvalue weighted by Gasteiger charge is -2.57. The normalized spacial score (nSPS) is 35.0. The van der Waals surface area contributed by atoms with Crippen molar-refractivity contribution < 1.29 is 24.6 Å². The van der Waals surface area contributed by atoms with Crippen LogP contribution in [-0.2, 0) is 9.63 Å². The molecular weight excluding hydrogens is 457 g/mol. The number of nitrogens with one attached hydrogen (secondary N) is 3. The molecule has 4 fully saturated rings. The number of benzene rings is 1. The Labute approximate surface area is 197 Å². The van der Waals surface area contributed by atoms with E-state index in [4.69, 9.17) is 32.8 Å². The van der Waals surface area contributed by atoms with Crippen molar-refractivity contribution in [1.29, 1.82) is 0 Å². The Morgan fingerprint density at radius 3 is 2.69 bits per heavy atom. The molecule has 2 bridgehead atoms. The van der Waals surface area contributed by atoms with Crippen LogP contribution in [0.5, 0.6) is 5.75 Å². The van der Waals surface area contributed by atoms with Crippen molar-refractivity contribution in [2.45, 2.75) is 87.4 Å². The lowest BCUT2D eigenvalue weighted by Crippen LogP contribution is -2.71. The number of ether oxygens (including phenoxy) is 1. The van der Waals surface area contributed by atoms with Gasteiger partial charge in [0.2, 0.25) is 0 Å². The van der Waals surface area contributed by atoms with E-state index >= 15 is 0 Å². The van der Waals surface area contributed by atoms with E-state index in [2.05, 4.69) is 23.0 Å². The molecule has 1 aromatic carbocycles. The second-order valence-corrected chi connectivity index (χ2v) is 10.1. The maximum Gasteiger partial charge on any atom is 0.258 e. The molecular formula is C22H31Cl2N3O5. The topological polar surface area (TPSA) is 112 Å². The number of carbonyl (C=O) groups excluding carboxylic acids is 1. The van der Waals surface area contributed by atoms with E-state index in [9.17, 15) is 15.0 Å². The van der Waals surface area contributed by atoms with E-state index in [0.29, 0.717) is 35.1 Å². The zero-order valence-corrected chi connectivity index (χ0v) is 19.6. The molecule has 1 amide bonds. The Balaban J connectivity index is 1.30. The summed E-state index contributed by atoms with van der Waals surface area (Å²) in [6, 6.07) is 5.06. The molecule has 178 valence electrons. The van der Waals surface area contributed by atoms with E-state index in [1.165, 1.54) is 0 Å². The van der Waals surface area contributed by atoms with Gasteiger partial charge in [-0.1, -0.05) is 30.1 Å². The van der Waals surface area contributed by atoms with Gasteiger partial charge in [0.25, 0.3) is 5.91 Å². The minimum Gasteiger partial charge on any atom is -0.484 e. The van der Waals surface area contributed by atoms with Crippen LogP contribution in [0, 0.1) is 0 Å². The Bertz CT molecular complexity index is 834. The molecule has 0 spiro atoms. The minimum atomic E-state index is -0.814. The predicted octanol–water partition coefficient (Wildman–Crippen LogP) is 2.28. The van der Waals surface area contributed by atoms with Crippen molar-refractivity contribution >= 4 is 29.1 Å². The molecule has 4 atom stereocenters. The van der Waals surface area contributed by atoms with Gasteiger partial charge in [0.05, 0.1) is 21.7 Å². The highest BCUT2D eigenvalue weighted by molar-refractivity contribution is 6.42. The molecule has 0 radical (unpaired) electrons. The zero-order chi connectivity index (χ0) is 22.9. The number of hydroxylamine groups is 1. The fourth-order valence-corrected chi connectivity index (χ4v) is 5.42. The molecule has 5 rings (SSSR count). The lowest BCUT2D eigenvalue weighted by atomic mass is 9.59. The number of amides is 1. The van der Waals surface area contributed by atoms with Crippen LogP contribution < -0.4 is 20.9 Å². The molecule has 0 aromatic heterocycles. The number of aliphatic hydroxyl groups excluding tert-OH is 2. The minimum absolute atomic E-state index is 0.181. The largest absolute Gasteiger partial charge is 0.484 e. The fourth-order valence-electron chi connectivity index (χ4n) is 5.13. The zero-order valence-electron chi connectivity index (χ0n) is 18.1. The third-order valence-corrected chi connectivity index (χ3v) is 7.91. The summed E-state index contributed by atoms with van der Waals surface area (Å²) < 4.78 is 5.53. The number of carbonyl (C=O) groups is 1. The molecule has 8 nitrogen and oxygen atoms in total. The average Bonchev–Trinajstić information content (AvgIpc) is 3.25. The molecule has 10 heteroatoms. The second-order valence-electron chi connectivity index (χ2n) is 9.27. The van der Waals surface area contributed by atoms with Gasteiger partial charge in [-0.15, -0.1) is 0 Å². The van der Waals surface area contributed by atoms with E-state index in [0.717, 1.165) is 25.7 Å². The highest BCUT2D eigenvalue weighted by Crippen LogP contribution is 2.47. The van der Waals surface area contributed by atoms with Gasteiger partial charge >= 0.3 is 0 Å². The van der Waals surface area contributed by atoms with Crippen LogP contribution in [0.1, 0.15) is 51.9 Å². The molecule has 32 heavy (non-hydrogen) atoms. The summed E-state index contributed by atoms with van der Waals surface area (Å²) >= 11 is 11.9. The standard InChI is InChI=1S/C22H31Cl2N3O5/c1-2-13-9-17(32-27-13)20(30)26-21-5-7-22(8-6-21,18(28)11-21)25-19(29)12-31-14-3-4-15(23)16(24)10-14/h3-4,10,13,17-18,20,26-28,30H,2,5-9,11-12H2,1H3,(H,25,29)/t13?,17?,18-,20?,21?,22?/m0/s1. The number of hydrogen-bond acceptors (Lipinski definition) is 7. The first kappa shape index (κ1) is 24.0. The second kappa shape index (κ2) is 9.62. The van der Waals surface area contributed by atoms with Crippen LogP contribution in [-0.4, -0.2) is 58.3 Å². The molecule has 1 aromatic rings. The summed E-state index contributed by atoms with van der Waals surface area (Å²) in [6.45, 7) is 1.89. The van der Waals surface area contributed by atoms with E-state index in [-0.39, 0.29) is 30.2 Å². The van der Waals surface area contributed by atoms with Crippen molar-refractivity contribution in [1.82, 2.24) is 16.1 Å². The van der Waals surface area contributed by atoms with Gasteiger partial charge in [-0.25, -0.2) is 0 Å². The Morgan fingerprint density at radius 2 is 2.06 bits per heavy atom. The van der Waals surface area contributed by atoms with Crippen LogP contribution in [0.25, 0.3) is 0 Å². The van der Waals surface area contributed by atoms with E-state index in [1.807, 2.05) is 0 Å². The Hall–Kier alpha value is -1.13. The summed E-state index contributed by atoms with van der Waals surface area (Å²) in [6.07, 6.45) is 3.00. The van der Waals surface area contributed by atoms with Gasteiger partial charge in [0.1, 0.15) is 18.1 Å². The number of aliphatic hydroxyl groups is 2. The third kappa shape index (κ3) is 5.01. The van der Waals surface area contributed by atoms with Crippen molar-refractivity contribution in [2.24, 2.45) is 0 Å². The van der Waals surface area contributed by atoms with Gasteiger partial charge in [0, 0.05) is 17.6 Å². The van der Waals surface area contributed by atoms with Crippen LogP contribution >= 0.6 is 23.2 Å². The van der Waals surface area contributed by atoms with Crippen LogP contribution in [0.3, 0.4) is 0 Å². The van der Waals surface area contributed by atoms with E-state index in [1.54, 1.807) is 18.2 Å². The maximum absolute atomic E-state index is 12.6. The first-order valence-electron chi connectivity index (χ1n) is 11.2. The molecule has 1 saturated heterocycles. The summed E-state index contributed by atoms with van der Waals surface area (Å²) in [4.78, 5) is 18.1. The summed E-state index contributed by atoms with van der Waals surface area (Å²) in [5, 5.41) is 28.7. The van der Waals surface area contributed by atoms with Crippen molar-refractivity contribution in [2.75, 3.05) is 6.61 Å². The smallest absolute Gasteiger partial charge is 0.258 e. The summed E-state index contributed by atoms with van der Waals surface area (Å²) in [7, 11) is 0. The number of hydrogen-bond donors (Lipinski definition) is 5. The van der Waals surface area contributed by atoms with Crippen LogP contribution in [0.4, 0.5) is 0 Å². The monoisotopic (exact) mass is 487 g/mol. The quantitative estimate of drug-likeness (QED) is 0.357. The van der Waals surface area contributed by atoms with Crippen molar-refractivity contribution in [3.05, 3.63) is 28.2 Å². The average molecular weight is 488 g/mol. The van der Waals surface area contributed by atoms with Gasteiger partial charge < -0.3 is 20.3 Å². The first-order valence-corrected chi connectivity index (χ1v) is 11.9. The number of fused-ring (bicyclic) bond motifs is 3. The Morgan fingerprint density at radius 1 is 1.31 bits per heavy atom. The lowest BCUT2D eigenvalue weighted by molar-refractivity contribution is -0.135. The maximum atomic E-state index is 12.6. The van der Waals surface area contributed by atoms with Crippen LogP contribution in [0.2, 0.25) is 10.0 Å². The van der Waals surface area contributed by atoms with E-state index < -0.39 is 17.9 Å². The predicted molar refractivity (Wildman–Crippen MR) is 121 cm³/mol. The first-order chi connectivity index (χ1) is 15.2. The molecule has 1 heterocycles. The van der Waals surface area contributed by atoms with Crippen molar-refractivity contribution in [3.8, 4) is 5.75 Å². The van der Waals surface area contributed by atoms with Gasteiger partial charge in [0.15, 0.2) is 6.61 Å². The van der Waals surface area contributed by atoms with Gasteiger partial charge in [-0.2, -0.15) is 5.48 Å². The molecule has 1 aliphatic heterocycles. The SMILES string of the molecule is CCC1CC(C(O)NC23CCC(NC(=O)COc4ccc(Cl)c(Cl)c4)(CC2)[C@@H](O)C3)ON1. The molecule has 3 aliphatic carbocycles. The summed E-state index contributed by atoms with van der Waals surface area (Å²) in [5.41, 5.74) is 1.92. The number of rotatable bonds is 8. The Kier molecular flexibility index (Phi) is 7.22.